The second-order valence-corrected chi connectivity index (χ2v) is 15.2. The Hall–Kier alpha value is -1.67. The molecule has 0 saturated carbocycles. The van der Waals surface area contributed by atoms with E-state index in [1.54, 1.807) is 13.8 Å². The van der Waals surface area contributed by atoms with Gasteiger partial charge in [-0.3, -0.25) is 14.4 Å². The molecule has 270 valence electrons. The van der Waals surface area contributed by atoms with Gasteiger partial charge >= 0.3 is 5.97 Å². The number of carbonyl (C=O) groups is 3. The fourth-order valence-corrected chi connectivity index (χ4v) is 6.13. The number of hydrogen-bond acceptors (Lipinski definition) is 6. The molecule has 0 aromatic rings. The minimum absolute atomic E-state index is 0.0143. The molecule has 8 heteroatoms. The Morgan fingerprint density at radius 1 is 0.826 bits per heavy atom. The van der Waals surface area contributed by atoms with Crippen molar-refractivity contribution in [1.29, 1.82) is 0 Å². The maximum atomic E-state index is 13.2. The van der Waals surface area contributed by atoms with Gasteiger partial charge in [0, 0.05) is 17.9 Å². The highest BCUT2D eigenvalue weighted by molar-refractivity contribution is 5.82. The molecule has 1 aliphatic heterocycles. The first-order chi connectivity index (χ1) is 21.8. The van der Waals surface area contributed by atoms with Gasteiger partial charge in [0.05, 0.1) is 19.1 Å². The van der Waals surface area contributed by atoms with Crippen LogP contribution in [0.25, 0.3) is 0 Å². The van der Waals surface area contributed by atoms with E-state index in [-0.39, 0.29) is 43.3 Å². The second-order valence-electron chi connectivity index (χ2n) is 15.2. The molecular weight excluding hydrogens is 580 g/mol. The predicted octanol–water partition coefficient (Wildman–Crippen LogP) is 8.64. The number of amides is 2. The summed E-state index contributed by atoms with van der Waals surface area (Å²) in [5.74, 6) is -1.10. The van der Waals surface area contributed by atoms with Crippen molar-refractivity contribution < 1.29 is 28.6 Å². The Morgan fingerprint density at radius 3 is 1.89 bits per heavy atom. The van der Waals surface area contributed by atoms with E-state index >= 15 is 0 Å². The maximum absolute atomic E-state index is 13.2. The molecule has 1 heterocycles. The molecule has 2 amide bonds. The van der Waals surface area contributed by atoms with Crippen molar-refractivity contribution in [1.82, 2.24) is 10.6 Å². The van der Waals surface area contributed by atoms with Gasteiger partial charge in [0.15, 0.2) is 5.79 Å². The van der Waals surface area contributed by atoms with Crippen molar-refractivity contribution in [2.24, 2.45) is 17.3 Å². The van der Waals surface area contributed by atoms with Crippen molar-refractivity contribution in [3.63, 3.8) is 0 Å². The van der Waals surface area contributed by atoms with Crippen LogP contribution in [0, 0.1) is 17.3 Å². The van der Waals surface area contributed by atoms with Crippen LogP contribution in [0.3, 0.4) is 0 Å². The Morgan fingerprint density at radius 2 is 1.37 bits per heavy atom. The molecule has 0 radical (unpaired) electrons. The summed E-state index contributed by atoms with van der Waals surface area (Å²) in [7, 11) is 0. The maximum Gasteiger partial charge on any atom is 0.307 e. The smallest absolute Gasteiger partial charge is 0.307 e. The van der Waals surface area contributed by atoms with Gasteiger partial charge in [-0.2, -0.15) is 0 Å². The van der Waals surface area contributed by atoms with Crippen LogP contribution in [0.4, 0.5) is 0 Å². The quantitative estimate of drug-likeness (QED) is 0.0716. The Kier molecular flexibility index (Phi) is 21.7. The summed E-state index contributed by atoms with van der Waals surface area (Å²) in [4.78, 5) is 38.5. The van der Waals surface area contributed by atoms with Gasteiger partial charge < -0.3 is 24.8 Å². The summed E-state index contributed by atoms with van der Waals surface area (Å²) in [6.45, 7) is 16.7. The molecule has 3 atom stereocenters. The van der Waals surface area contributed by atoms with Crippen LogP contribution in [0.2, 0.25) is 0 Å². The Balaban J connectivity index is 2.30. The monoisotopic (exact) mass is 653 g/mol. The third-order valence-corrected chi connectivity index (χ3v) is 9.09. The summed E-state index contributed by atoms with van der Waals surface area (Å²) >= 11 is 0. The number of esters is 1. The highest BCUT2D eigenvalue weighted by atomic mass is 16.7. The largest absolute Gasteiger partial charge is 0.463 e. The SMILES string of the molecule is CCCCCCCCCCCCCCCCC(CC)C(=O)NC(COC(=O)CCNC(=O)C1OC(C)(C)OCC1(C)C)CC(C)C. The van der Waals surface area contributed by atoms with Gasteiger partial charge in [0.1, 0.15) is 12.7 Å². The molecule has 1 rings (SSSR count). The van der Waals surface area contributed by atoms with Gasteiger partial charge in [-0.25, -0.2) is 0 Å². The van der Waals surface area contributed by atoms with E-state index in [1.165, 1.54) is 83.5 Å². The topological polar surface area (TPSA) is 103 Å². The number of hydrogen-bond donors (Lipinski definition) is 2. The highest BCUT2D eigenvalue weighted by Gasteiger charge is 2.45. The van der Waals surface area contributed by atoms with E-state index in [4.69, 9.17) is 14.2 Å². The van der Waals surface area contributed by atoms with Gasteiger partial charge in [0.2, 0.25) is 11.8 Å². The number of rotatable bonds is 26. The van der Waals surface area contributed by atoms with Crippen LogP contribution in [0.5, 0.6) is 0 Å². The molecule has 0 aliphatic carbocycles. The first kappa shape index (κ1) is 42.4. The molecule has 8 nitrogen and oxygen atoms in total. The average Bonchev–Trinajstić information content (AvgIpc) is 2.99. The molecule has 1 aliphatic rings. The van der Waals surface area contributed by atoms with Gasteiger partial charge in [-0.1, -0.05) is 131 Å². The van der Waals surface area contributed by atoms with Crippen LogP contribution in [0.1, 0.15) is 171 Å². The number of nitrogens with one attached hydrogen (secondary N) is 2. The lowest BCUT2D eigenvalue weighted by atomic mass is 9.85. The Labute approximate surface area is 282 Å². The predicted molar refractivity (Wildman–Crippen MR) is 187 cm³/mol. The fourth-order valence-electron chi connectivity index (χ4n) is 6.13. The summed E-state index contributed by atoms with van der Waals surface area (Å²) in [5.41, 5.74) is -0.481. The number of ether oxygens (including phenoxy) is 3. The van der Waals surface area contributed by atoms with Crippen LogP contribution < -0.4 is 10.6 Å². The first-order valence-electron chi connectivity index (χ1n) is 18.9. The van der Waals surface area contributed by atoms with Crippen molar-refractivity contribution >= 4 is 17.8 Å². The zero-order valence-electron chi connectivity index (χ0n) is 31.1. The zero-order valence-corrected chi connectivity index (χ0v) is 31.1. The van der Waals surface area contributed by atoms with E-state index in [0.29, 0.717) is 12.5 Å². The van der Waals surface area contributed by atoms with Crippen LogP contribution in [0.15, 0.2) is 0 Å². The molecule has 1 saturated heterocycles. The lowest BCUT2D eigenvalue weighted by molar-refractivity contribution is -0.304. The molecule has 1 fully saturated rings. The Bertz CT molecular complexity index is 843. The zero-order chi connectivity index (χ0) is 34.4. The normalized spacial score (nSPS) is 18.6. The molecular formula is C38H72N2O6. The van der Waals surface area contributed by atoms with Gasteiger partial charge in [-0.15, -0.1) is 0 Å². The van der Waals surface area contributed by atoms with Gasteiger partial charge in [-0.05, 0) is 39.0 Å². The third kappa shape index (κ3) is 19.2. The fraction of sp³-hybridized carbons (Fsp3) is 0.921. The number of carbonyl (C=O) groups excluding carboxylic acids is 3. The van der Waals surface area contributed by atoms with Crippen molar-refractivity contribution in [3.05, 3.63) is 0 Å². The third-order valence-electron chi connectivity index (χ3n) is 9.09. The van der Waals surface area contributed by atoms with Crippen LogP contribution in [-0.2, 0) is 28.6 Å². The molecule has 2 N–H and O–H groups in total. The lowest BCUT2D eigenvalue weighted by Gasteiger charge is -2.44. The van der Waals surface area contributed by atoms with Crippen molar-refractivity contribution in [2.45, 2.75) is 189 Å². The first-order valence-corrected chi connectivity index (χ1v) is 18.9. The van der Waals surface area contributed by atoms with Crippen LogP contribution >= 0.6 is 0 Å². The minimum Gasteiger partial charge on any atom is -0.463 e. The molecule has 3 unspecified atom stereocenters. The summed E-state index contributed by atoms with van der Waals surface area (Å²) in [6, 6.07) is -0.227. The standard InChI is InChI=1S/C38H72N2O6/c1-9-11-12-13-14-15-16-17-18-19-20-21-22-23-24-31(10-2)35(42)40-32(27-30(3)4)28-44-33(41)25-26-39-36(43)34-37(5,6)29-45-38(7,8)46-34/h30-32,34H,9-29H2,1-8H3,(H,39,43)(H,40,42). The molecule has 0 aromatic heterocycles. The van der Waals surface area contributed by atoms with E-state index in [9.17, 15) is 14.4 Å². The lowest BCUT2D eigenvalue weighted by Crippen LogP contribution is -2.56. The summed E-state index contributed by atoms with van der Waals surface area (Å²) in [6.07, 6.45) is 20.4. The summed E-state index contributed by atoms with van der Waals surface area (Å²) < 4.78 is 17.1. The second kappa shape index (κ2) is 23.6. The number of unbranched alkanes of at least 4 members (excludes halogenated alkanes) is 13. The molecule has 0 aromatic carbocycles. The minimum atomic E-state index is -0.838. The van der Waals surface area contributed by atoms with E-state index < -0.39 is 23.3 Å². The molecule has 0 bridgehead atoms. The van der Waals surface area contributed by atoms with Crippen molar-refractivity contribution in [2.75, 3.05) is 19.8 Å². The summed E-state index contributed by atoms with van der Waals surface area (Å²) in [5, 5.41) is 5.99. The average molecular weight is 653 g/mol. The van der Waals surface area contributed by atoms with Gasteiger partial charge in [0.25, 0.3) is 0 Å². The highest BCUT2D eigenvalue weighted by Crippen LogP contribution is 2.34. The van der Waals surface area contributed by atoms with E-state index in [0.717, 1.165) is 25.7 Å². The molecule has 0 spiro atoms. The van der Waals surface area contributed by atoms with E-state index in [2.05, 4.69) is 38.3 Å². The molecule has 46 heavy (non-hydrogen) atoms. The van der Waals surface area contributed by atoms with E-state index in [1.807, 2.05) is 13.8 Å². The van der Waals surface area contributed by atoms with Crippen molar-refractivity contribution in [3.8, 4) is 0 Å². The van der Waals surface area contributed by atoms with Crippen LogP contribution in [-0.4, -0.2) is 55.5 Å².